The summed E-state index contributed by atoms with van der Waals surface area (Å²) in [6.45, 7) is 3.87. The number of benzene rings is 2. The fraction of sp³-hybridized carbons (Fsp3) is 0.300. The second-order valence-electron chi connectivity index (χ2n) is 7.15. The fourth-order valence-electron chi connectivity index (χ4n) is 3.57. The Morgan fingerprint density at radius 3 is 2.55 bits per heavy atom. The van der Waals surface area contributed by atoms with E-state index in [1.807, 2.05) is 4.68 Å². The number of aromatic nitrogens is 3. The highest BCUT2D eigenvalue weighted by atomic mass is 35.5. The van der Waals surface area contributed by atoms with Crippen LogP contribution >= 0.6 is 23.8 Å². The maximum absolute atomic E-state index is 10.8. The highest BCUT2D eigenvalue weighted by Crippen LogP contribution is 2.30. The van der Waals surface area contributed by atoms with Crippen molar-refractivity contribution in [3.63, 3.8) is 0 Å². The van der Waals surface area contributed by atoms with Gasteiger partial charge in [-0.2, -0.15) is 4.98 Å². The van der Waals surface area contributed by atoms with Crippen LogP contribution in [0.25, 0.3) is 11.4 Å². The summed E-state index contributed by atoms with van der Waals surface area (Å²) in [5.74, 6) is 1.27. The molecule has 1 aliphatic rings. The second-order valence-corrected chi connectivity index (χ2v) is 7.95. The lowest BCUT2D eigenvalue weighted by molar-refractivity contribution is -0.384. The van der Waals surface area contributed by atoms with Crippen molar-refractivity contribution in [3.8, 4) is 17.1 Å². The monoisotopic (exact) mass is 460 g/mol. The third-order valence-electron chi connectivity index (χ3n) is 5.24. The second kappa shape index (κ2) is 9.04. The number of nitrogens with one attached hydrogen (secondary N) is 1. The van der Waals surface area contributed by atoms with Crippen molar-refractivity contribution in [2.24, 2.45) is 0 Å². The number of piperazine rings is 1. The van der Waals surface area contributed by atoms with Gasteiger partial charge in [-0.25, -0.2) is 4.68 Å². The lowest BCUT2D eigenvalue weighted by atomic mass is 10.2. The molecule has 31 heavy (non-hydrogen) atoms. The molecule has 1 aromatic heterocycles. The Balaban J connectivity index is 1.42. The van der Waals surface area contributed by atoms with E-state index < -0.39 is 0 Å². The van der Waals surface area contributed by atoms with Crippen LogP contribution in [0.1, 0.15) is 0 Å². The Morgan fingerprint density at radius 2 is 1.90 bits per heavy atom. The predicted molar refractivity (Wildman–Crippen MR) is 121 cm³/mol. The molecular formula is C20H21ClN6O3S. The first-order valence-corrected chi connectivity index (χ1v) is 10.5. The lowest BCUT2D eigenvalue weighted by Gasteiger charge is -2.35. The molecule has 162 valence electrons. The highest BCUT2D eigenvalue weighted by molar-refractivity contribution is 7.71. The molecule has 0 unspecified atom stereocenters. The van der Waals surface area contributed by atoms with Crippen molar-refractivity contribution < 1.29 is 9.66 Å². The van der Waals surface area contributed by atoms with Crippen molar-refractivity contribution in [2.45, 2.75) is 6.67 Å². The molecule has 2 heterocycles. The van der Waals surface area contributed by atoms with Gasteiger partial charge in [0.05, 0.1) is 24.3 Å². The maximum Gasteiger partial charge on any atom is 0.269 e. The van der Waals surface area contributed by atoms with Gasteiger partial charge in [0.25, 0.3) is 5.69 Å². The zero-order chi connectivity index (χ0) is 22.0. The number of halogens is 1. The maximum atomic E-state index is 10.8. The van der Waals surface area contributed by atoms with Crippen molar-refractivity contribution in [2.75, 3.05) is 38.2 Å². The lowest BCUT2D eigenvalue weighted by Crippen LogP contribution is -2.46. The van der Waals surface area contributed by atoms with Gasteiger partial charge in [-0.1, -0.05) is 11.6 Å². The number of ether oxygens (including phenoxy) is 1. The molecule has 9 nitrogen and oxygen atoms in total. The summed E-state index contributed by atoms with van der Waals surface area (Å²) in [4.78, 5) is 19.4. The number of hydrogen-bond donors (Lipinski definition) is 1. The average Bonchev–Trinajstić information content (AvgIpc) is 3.14. The number of methoxy groups -OCH3 is 1. The molecular weight excluding hydrogens is 440 g/mol. The van der Waals surface area contributed by atoms with E-state index in [4.69, 9.17) is 28.6 Å². The third-order valence-corrected chi connectivity index (χ3v) is 5.78. The quantitative estimate of drug-likeness (QED) is 0.338. The largest absolute Gasteiger partial charge is 0.496 e. The van der Waals surface area contributed by atoms with Crippen LogP contribution in [0.5, 0.6) is 5.75 Å². The van der Waals surface area contributed by atoms with Gasteiger partial charge in [0.2, 0.25) is 4.77 Å². The molecule has 0 saturated carbocycles. The van der Waals surface area contributed by atoms with E-state index in [1.54, 1.807) is 37.4 Å². The summed E-state index contributed by atoms with van der Waals surface area (Å²) in [6.07, 6.45) is 0. The van der Waals surface area contributed by atoms with Crippen LogP contribution in [-0.4, -0.2) is 57.9 Å². The van der Waals surface area contributed by atoms with E-state index in [1.165, 1.54) is 12.1 Å². The molecule has 4 rings (SSSR count). The van der Waals surface area contributed by atoms with Crippen LogP contribution in [-0.2, 0) is 6.67 Å². The normalized spacial score (nSPS) is 14.6. The first-order valence-electron chi connectivity index (χ1n) is 9.67. The predicted octanol–water partition coefficient (Wildman–Crippen LogP) is 3.96. The molecule has 0 bridgehead atoms. The minimum absolute atomic E-state index is 0.100. The standard InChI is InChI=1S/C20H21ClN6O3S/c1-30-18-7-2-14(21)12-17(18)19-22-20(31)26(23-19)13-24-8-10-25(11-9-24)15-3-5-16(6-4-15)27(28)29/h2-7,12H,8-11,13H2,1H3,(H,22,23,31). The van der Waals surface area contributed by atoms with Crippen molar-refractivity contribution >= 4 is 35.2 Å². The number of non-ortho nitro benzene ring substituents is 1. The Morgan fingerprint density at radius 1 is 1.19 bits per heavy atom. The number of aromatic amines is 1. The van der Waals surface area contributed by atoms with Crippen LogP contribution in [0.2, 0.25) is 5.02 Å². The summed E-state index contributed by atoms with van der Waals surface area (Å²) >= 11 is 11.6. The van der Waals surface area contributed by atoms with Crippen LogP contribution in [0, 0.1) is 14.9 Å². The van der Waals surface area contributed by atoms with Crippen LogP contribution in [0.4, 0.5) is 11.4 Å². The van der Waals surface area contributed by atoms with E-state index >= 15 is 0 Å². The number of nitrogens with zero attached hydrogens (tertiary/aromatic N) is 5. The highest BCUT2D eigenvalue weighted by Gasteiger charge is 2.19. The van der Waals surface area contributed by atoms with Crippen molar-refractivity contribution in [1.29, 1.82) is 0 Å². The van der Waals surface area contributed by atoms with Gasteiger partial charge in [-0.15, -0.1) is 0 Å². The van der Waals surface area contributed by atoms with E-state index in [9.17, 15) is 10.1 Å². The first kappa shape index (κ1) is 21.3. The fourth-order valence-corrected chi connectivity index (χ4v) is 3.94. The molecule has 2 aromatic carbocycles. The van der Waals surface area contributed by atoms with Crippen LogP contribution in [0.3, 0.4) is 0 Å². The van der Waals surface area contributed by atoms with Gasteiger partial charge in [-0.05, 0) is 42.5 Å². The summed E-state index contributed by atoms with van der Waals surface area (Å²) in [5.41, 5.74) is 1.84. The third kappa shape index (κ3) is 4.71. The number of rotatable bonds is 6. The van der Waals surface area contributed by atoms with E-state index in [-0.39, 0.29) is 10.6 Å². The number of anilines is 1. The number of hydrogen-bond acceptors (Lipinski definition) is 7. The minimum Gasteiger partial charge on any atom is -0.496 e. The Hall–Kier alpha value is -2.95. The van der Waals surface area contributed by atoms with Crippen LogP contribution in [0.15, 0.2) is 42.5 Å². The minimum atomic E-state index is -0.386. The van der Waals surface area contributed by atoms with E-state index in [0.29, 0.717) is 28.0 Å². The Kier molecular flexibility index (Phi) is 6.21. The summed E-state index contributed by atoms with van der Waals surface area (Å²) in [6, 6.07) is 12.0. The topological polar surface area (TPSA) is 92.5 Å². The molecule has 0 atom stereocenters. The molecule has 1 aliphatic heterocycles. The SMILES string of the molecule is COc1ccc(Cl)cc1-c1nc(=S)n(CN2CCN(c3ccc([N+](=O)[O-])cc3)CC2)[nH]1. The molecule has 0 spiro atoms. The molecule has 0 amide bonds. The smallest absolute Gasteiger partial charge is 0.269 e. The van der Waals surface area contributed by atoms with Gasteiger partial charge >= 0.3 is 0 Å². The molecule has 0 aliphatic carbocycles. The van der Waals surface area contributed by atoms with Gasteiger partial charge in [0, 0.05) is 49.0 Å². The Bertz CT molecular complexity index is 1140. The summed E-state index contributed by atoms with van der Waals surface area (Å²) in [5, 5.41) is 14.7. The van der Waals surface area contributed by atoms with Gasteiger partial charge in [-0.3, -0.25) is 20.1 Å². The Labute approximate surface area is 189 Å². The number of H-pyrrole nitrogens is 1. The van der Waals surface area contributed by atoms with Crippen molar-refractivity contribution in [1.82, 2.24) is 19.7 Å². The van der Waals surface area contributed by atoms with E-state index in [0.717, 1.165) is 37.4 Å². The van der Waals surface area contributed by atoms with Gasteiger partial charge in [0.15, 0.2) is 5.82 Å². The molecule has 1 N–H and O–H groups in total. The number of nitro groups is 1. The summed E-state index contributed by atoms with van der Waals surface area (Å²) < 4.78 is 7.69. The van der Waals surface area contributed by atoms with Crippen LogP contribution < -0.4 is 9.64 Å². The first-order chi connectivity index (χ1) is 14.9. The molecule has 0 radical (unpaired) electrons. The molecule has 11 heteroatoms. The molecule has 3 aromatic rings. The number of nitro benzene ring substituents is 1. The van der Waals surface area contributed by atoms with Gasteiger partial charge < -0.3 is 9.64 Å². The summed E-state index contributed by atoms with van der Waals surface area (Å²) in [7, 11) is 1.60. The zero-order valence-electron chi connectivity index (χ0n) is 16.8. The van der Waals surface area contributed by atoms with Gasteiger partial charge in [0.1, 0.15) is 5.75 Å². The van der Waals surface area contributed by atoms with Crippen molar-refractivity contribution in [3.05, 3.63) is 62.4 Å². The average molecular weight is 461 g/mol. The molecule has 1 saturated heterocycles. The van der Waals surface area contributed by atoms with E-state index in [2.05, 4.69) is 19.9 Å². The zero-order valence-corrected chi connectivity index (χ0v) is 18.4. The molecule has 1 fully saturated rings.